The van der Waals surface area contributed by atoms with E-state index in [4.69, 9.17) is 10.5 Å². The zero-order valence-electron chi connectivity index (χ0n) is 13.5. The third-order valence-electron chi connectivity index (χ3n) is 3.75. The Morgan fingerprint density at radius 3 is 2.35 bits per heavy atom. The van der Waals surface area contributed by atoms with E-state index >= 15 is 0 Å². The number of aryl methyl sites for hydroxylation is 1. The SMILES string of the molecule is COc1ccc(C(C)NC(=O)C(N)c2ccc(C)cc2)cc1Br. The van der Waals surface area contributed by atoms with Crippen LogP contribution in [0.2, 0.25) is 0 Å². The van der Waals surface area contributed by atoms with E-state index in [0.717, 1.165) is 26.9 Å². The summed E-state index contributed by atoms with van der Waals surface area (Å²) in [6.07, 6.45) is 0. The van der Waals surface area contributed by atoms with Crippen molar-refractivity contribution in [2.75, 3.05) is 7.11 Å². The van der Waals surface area contributed by atoms with Crippen LogP contribution >= 0.6 is 15.9 Å². The molecule has 0 saturated heterocycles. The highest BCUT2D eigenvalue weighted by molar-refractivity contribution is 9.10. The fourth-order valence-electron chi connectivity index (χ4n) is 2.26. The van der Waals surface area contributed by atoms with Gasteiger partial charge >= 0.3 is 0 Å². The maximum atomic E-state index is 12.3. The second kappa shape index (κ2) is 7.62. The number of ether oxygens (including phenoxy) is 1. The molecule has 2 atom stereocenters. The summed E-state index contributed by atoms with van der Waals surface area (Å²) >= 11 is 3.45. The van der Waals surface area contributed by atoms with Crippen molar-refractivity contribution < 1.29 is 9.53 Å². The second-order valence-corrected chi connectivity index (χ2v) is 6.37. The van der Waals surface area contributed by atoms with Gasteiger partial charge in [0.2, 0.25) is 5.91 Å². The van der Waals surface area contributed by atoms with Gasteiger partial charge in [0.15, 0.2) is 0 Å². The zero-order chi connectivity index (χ0) is 17.0. The molecule has 0 heterocycles. The molecular weight excluding hydrogens is 356 g/mol. The Balaban J connectivity index is 2.06. The minimum absolute atomic E-state index is 0.152. The third-order valence-corrected chi connectivity index (χ3v) is 4.37. The van der Waals surface area contributed by atoms with Crippen LogP contribution < -0.4 is 15.8 Å². The molecule has 2 aromatic rings. The molecular formula is C18H21BrN2O2. The molecule has 0 aliphatic heterocycles. The first kappa shape index (κ1) is 17.5. The maximum absolute atomic E-state index is 12.3. The van der Waals surface area contributed by atoms with Gasteiger partial charge in [-0.1, -0.05) is 35.9 Å². The minimum atomic E-state index is -0.681. The van der Waals surface area contributed by atoms with E-state index in [0.29, 0.717) is 0 Å². The average Bonchev–Trinajstić information content (AvgIpc) is 2.54. The molecule has 2 rings (SSSR count). The third kappa shape index (κ3) is 4.33. The lowest BCUT2D eigenvalue weighted by Crippen LogP contribution is -2.35. The molecule has 5 heteroatoms. The van der Waals surface area contributed by atoms with Crippen LogP contribution in [0.4, 0.5) is 0 Å². The molecule has 2 unspecified atom stereocenters. The van der Waals surface area contributed by atoms with E-state index in [2.05, 4.69) is 21.2 Å². The fourth-order valence-corrected chi connectivity index (χ4v) is 2.82. The number of nitrogens with two attached hydrogens (primary N) is 1. The van der Waals surface area contributed by atoms with Crippen molar-refractivity contribution in [1.29, 1.82) is 0 Å². The summed E-state index contributed by atoms with van der Waals surface area (Å²) in [6, 6.07) is 12.6. The number of methoxy groups -OCH3 is 1. The van der Waals surface area contributed by atoms with Gasteiger partial charge in [0, 0.05) is 0 Å². The first-order valence-corrected chi connectivity index (χ1v) is 8.17. The van der Waals surface area contributed by atoms with Crippen molar-refractivity contribution >= 4 is 21.8 Å². The largest absolute Gasteiger partial charge is 0.496 e. The molecule has 1 amide bonds. The first-order chi connectivity index (χ1) is 10.9. The van der Waals surface area contributed by atoms with Gasteiger partial charge in [-0.05, 0) is 53.0 Å². The van der Waals surface area contributed by atoms with Crippen molar-refractivity contribution in [3.8, 4) is 5.75 Å². The lowest BCUT2D eigenvalue weighted by atomic mass is 10.0. The Morgan fingerprint density at radius 2 is 1.78 bits per heavy atom. The molecule has 0 spiro atoms. The monoisotopic (exact) mass is 376 g/mol. The predicted molar refractivity (Wildman–Crippen MR) is 95.4 cm³/mol. The molecule has 0 fully saturated rings. The van der Waals surface area contributed by atoms with Gasteiger partial charge < -0.3 is 15.8 Å². The van der Waals surface area contributed by atoms with Gasteiger partial charge in [-0.2, -0.15) is 0 Å². The van der Waals surface area contributed by atoms with E-state index in [1.807, 2.05) is 56.3 Å². The van der Waals surface area contributed by atoms with Crippen LogP contribution in [-0.2, 0) is 4.79 Å². The lowest BCUT2D eigenvalue weighted by Gasteiger charge is -2.19. The zero-order valence-corrected chi connectivity index (χ0v) is 15.1. The highest BCUT2D eigenvalue weighted by Crippen LogP contribution is 2.28. The Hall–Kier alpha value is -1.85. The standard InChI is InChI=1S/C18H21BrN2O2/c1-11-4-6-13(7-5-11)17(20)18(22)21-12(2)14-8-9-16(23-3)15(19)10-14/h4-10,12,17H,20H2,1-3H3,(H,21,22). The van der Waals surface area contributed by atoms with E-state index in [-0.39, 0.29) is 11.9 Å². The van der Waals surface area contributed by atoms with Crippen molar-refractivity contribution in [1.82, 2.24) is 5.32 Å². The highest BCUT2D eigenvalue weighted by Gasteiger charge is 2.18. The molecule has 3 N–H and O–H groups in total. The van der Waals surface area contributed by atoms with Crippen molar-refractivity contribution in [3.63, 3.8) is 0 Å². The van der Waals surface area contributed by atoms with Gasteiger partial charge in [-0.3, -0.25) is 4.79 Å². The molecule has 23 heavy (non-hydrogen) atoms. The molecule has 0 bridgehead atoms. The Bertz CT molecular complexity index is 686. The average molecular weight is 377 g/mol. The van der Waals surface area contributed by atoms with Crippen LogP contribution in [0.1, 0.15) is 35.7 Å². The van der Waals surface area contributed by atoms with Crippen LogP contribution in [0.25, 0.3) is 0 Å². The van der Waals surface area contributed by atoms with Gasteiger partial charge in [-0.15, -0.1) is 0 Å². The molecule has 0 saturated carbocycles. The summed E-state index contributed by atoms with van der Waals surface area (Å²) in [6.45, 7) is 3.92. The molecule has 122 valence electrons. The normalized spacial score (nSPS) is 13.3. The molecule has 4 nitrogen and oxygen atoms in total. The van der Waals surface area contributed by atoms with Crippen LogP contribution in [-0.4, -0.2) is 13.0 Å². The maximum Gasteiger partial charge on any atom is 0.241 e. The van der Waals surface area contributed by atoms with Gasteiger partial charge in [-0.25, -0.2) is 0 Å². The number of carbonyl (C=O) groups excluding carboxylic acids is 1. The number of halogens is 1. The summed E-state index contributed by atoms with van der Waals surface area (Å²) < 4.78 is 6.06. The van der Waals surface area contributed by atoms with Crippen molar-refractivity contribution in [2.24, 2.45) is 5.73 Å². The number of hydrogen-bond acceptors (Lipinski definition) is 3. The molecule has 0 aliphatic rings. The summed E-state index contributed by atoms with van der Waals surface area (Å²) in [7, 11) is 1.62. The van der Waals surface area contributed by atoms with Crippen LogP contribution in [0, 0.1) is 6.92 Å². The van der Waals surface area contributed by atoms with E-state index in [9.17, 15) is 4.79 Å². The van der Waals surface area contributed by atoms with E-state index in [1.54, 1.807) is 7.11 Å². The molecule has 0 aliphatic carbocycles. The summed E-state index contributed by atoms with van der Waals surface area (Å²) in [4.78, 5) is 12.3. The van der Waals surface area contributed by atoms with Gasteiger partial charge in [0.1, 0.15) is 11.8 Å². The van der Waals surface area contributed by atoms with Gasteiger partial charge in [0.25, 0.3) is 0 Å². The number of rotatable bonds is 5. The van der Waals surface area contributed by atoms with E-state index < -0.39 is 6.04 Å². The van der Waals surface area contributed by atoms with Crippen molar-refractivity contribution in [2.45, 2.75) is 25.9 Å². The fraction of sp³-hybridized carbons (Fsp3) is 0.278. The Labute approximate surface area is 145 Å². The minimum Gasteiger partial charge on any atom is -0.496 e. The highest BCUT2D eigenvalue weighted by atomic mass is 79.9. The lowest BCUT2D eigenvalue weighted by molar-refractivity contribution is -0.123. The summed E-state index contributed by atoms with van der Waals surface area (Å²) in [5, 5.41) is 2.95. The number of hydrogen-bond donors (Lipinski definition) is 2. The van der Waals surface area contributed by atoms with Crippen LogP contribution in [0.3, 0.4) is 0 Å². The van der Waals surface area contributed by atoms with Crippen molar-refractivity contribution in [3.05, 3.63) is 63.6 Å². The number of benzene rings is 2. The quantitative estimate of drug-likeness (QED) is 0.836. The molecule has 2 aromatic carbocycles. The van der Waals surface area contributed by atoms with Gasteiger partial charge in [0.05, 0.1) is 17.6 Å². The number of amides is 1. The van der Waals surface area contributed by atoms with E-state index in [1.165, 1.54) is 0 Å². The second-order valence-electron chi connectivity index (χ2n) is 5.51. The smallest absolute Gasteiger partial charge is 0.241 e. The van der Waals surface area contributed by atoms with Crippen LogP contribution in [0.5, 0.6) is 5.75 Å². The molecule has 0 radical (unpaired) electrons. The number of nitrogens with one attached hydrogen (secondary N) is 1. The predicted octanol–water partition coefficient (Wildman–Crippen LogP) is 3.64. The number of carbonyl (C=O) groups is 1. The van der Waals surface area contributed by atoms with Crippen LogP contribution in [0.15, 0.2) is 46.9 Å². The molecule has 0 aromatic heterocycles. The topological polar surface area (TPSA) is 64.3 Å². The summed E-state index contributed by atoms with van der Waals surface area (Å²) in [5.74, 6) is 0.553. The first-order valence-electron chi connectivity index (χ1n) is 7.38. The Kier molecular flexibility index (Phi) is 5.80. The Morgan fingerprint density at radius 1 is 1.17 bits per heavy atom. The summed E-state index contributed by atoms with van der Waals surface area (Å²) in [5.41, 5.74) is 8.96.